The van der Waals surface area contributed by atoms with E-state index in [1.807, 2.05) is 24.3 Å². The lowest BCUT2D eigenvalue weighted by Gasteiger charge is -2.36. The van der Waals surface area contributed by atoms with E-state index in [0.29, 0.717) is 19.8 Å². The third-order valence-corrected chi connectivity index (χ3v) is 5.64. The molecule has 1 saturated heterocycles. The number of hydrogen-bond acceptors (Lipinski definition) is 5. The van der Waals surface area contributed by atoms with Gasteiger partial charge in [-0.1, -0.05) is 54.6 Å². The van der Waals surface area contributed by atoms with Crippen LogP contribution in [0.15, 0.2) is 78.0 Å². The first-order valence-electron chi connectivity index (χ1n) is 11.6. The van der Waals surface area contributed by atoms with E-state index < -0.39 is 0 Å². The first-order chi connectivity index (χ1) is 16.3. The Kier molecular flexibility index (Phi) is 10.6. The number of aliphatic imine (C=N–C) groups is 1. The summed E-state index contributed by atoms with van der Waals surface area (Å²) in [5, 5.41) is 3.46. The fourth-order valence-corrected chi connectivity index (χ4v) is 3.86. The molecule has 2 heterocycles. The Morgan fingerprint density at radius 1 is 0.882 bits per heavy atom. The van der Waals surface area contributed by atoms with Crippen molar-refractivity contribution in [1.82, 2.24) is 20.2 Å². The van der Waals surface area contributed by atoms with E-state index in [0.717, 1.165) is 44.6 Å². The lowest BCUT2D eigenvalue weighted by Crippen LogP contribution is -2.53. The molecule has 0 aliphatic carbocycles. The minimum absolute atomic E-state index is 0. The minimum Gasteiger partial charge on any atom is -0.372 e. The van der Waals surface area contributed by atoms with Gasteiger partial charge in [-0.3, -0.25) is 0 Å². The SMILES string of the molecule is CCNC(=NCc1ccccc1COCc1ccccc1)N1CCN(c2ncccn2)CC1.I. The summed E-state index contributed by atoms with van der Waals surface area (Å²) in [6, 6.07) is 20.5. The maximum Gasteiger partial charge on any atom is 0.225 e. The van der Waals surface area contributed by atoms with Crippen molar-refractivity contribution < 1.29 is 4.74 Å². The third-order valence-electron chi connectivity index (χ3n) is 5.64. The highest BCUT2D eigenvalue weighted by atomic mass is 127. The summed E-state index contributed by atoms with van der Waals surface area (Å²) in [6.07, 6.45) is 3.59. The Morgan fingerprint density at radius 3 is 2.26 bits per heavy atom. The second-order valence-electron chi connectivity index (χ2n) is 7.94. The van der Waals surface area contributed by atoms with Gasteiger partial charge in [0.25, 0.3) is 0 Å². The summed E-state index contributed by atoms with van der Waals surface area (Å²) in [6.45, 7) is 8.25. The molecular formula is C26H33IN6O. The topological polar surface area (TPSA) is 65.9 Å². The number of anilines is 1. The van der Waals surface area contributed by atoms with Crippen LogP contribution in [-0.2, 0) is 24.5 Å². The van der Waals surface area contributed by atoms with E-state index in [2.05, 4.69) is 68.4 Å². The number of halogens is 1. The zero-order valence-electron chi connectivity index (χ0n) is 19.6. The molecule has 0 atom stereocenters. The molecule has 0 bridgehead atoms. The van der Waals surface area contributed by atoms with Gasteiger partial charge in [-0.25, -0.2) is 15.0 Å². The van der Waals surface area contributed by atoms with Gasteiger partial charge >= 0.3 is 0 Å². The van der Waals surface area contributed by atoms with Crippen molar-refractivity contribution in [2.24, 2.45) is 4.99 Å². The molecule has 1 aliphatic rings. The van der Waals surface area contributed by atoms with Crippen LogP contribution in [0.2, 0.25) is 0 Å². The highest BCUT2D eigenvalue weighted by molar-refractivity contribution is 14.0. The number of nitrogens with zero attached hydrogens (tertiary/aromatic N) is 5. The minimum atomic E-state index is 0. The zero-order valence-corrected chi connectivity index (χ0v) is 22.0. The van der Waals surface area contributed by atoms with E-state index in [1.54, 1.807) is 12.4 Å². The number of ether oxygens (including phenoxy) is 1. The molecule has 1 aliphatic heterocycles. The summed E-state index contributed by atoms with van der Waals surface area (Å²) < 4.78 is 5.98. The zero-order chi connectivity index (χ0) is 22.7. The van der Waals surface area contributed by atoms with Gasteiger partial charge in [0, 0.05) is 45.1 Å². The van der Waals surface area contributed by atoms with Crippen LogP contribution in [0.4, 0.5) is 5.95 Å². The molecule has 180 valence electrons. The number of aromatic nitrogens is 2. The lowest BCUT2D eigenvalue weighted by atomic mass is 10.1. The van der Waals surface area contributed by atoms with Crippen molar-refractivity contribution in [3.05, 3.63) is 89.7 Å². The standard InChI is InChI=1S/C26H32N6O.HI/c1-2-27-25(31-15-17-32(18-16-31)26-28-13-8-14-29-26)30-19-23-11-6-7-12-24(23)21-33-20-22-9-4-3-5-10-22;/h3-14H,2,15-21H2,1H3,(H,27,30);1H. The van der Waals surface area contributed by atoms with Gasteiger partial charge in [0.05, 0.1) is 19.8 Å². The van der Waals surface area contributed by atoms with Gasteiger partial charge in [-0.05, 0) is 29.7 Å². The van der Waals surface area contributed by atoms with E-state index in [1.165, 1.54) is 16.7 Å². The molecule has 8 heteroatoms. The summed E-state index contributed by atoms with van der Waals surface area (Å²) >= 11 is 0. The molecule has 1 fully saturated rings. The van der Waals surface area contributed by atoms with Gasteiger partial charge in [-0.2, -0.15) is 0 Å². The molecule has 7 nitrogen and oxygen atoms in total. The molecule has 1 aromatic heterocycles. The van der Waals surface area contributed by atoms with Gasteiger partial charge in [-0.15, -0.1) is 24.0 Å². The second kappa shape index (κ2) is 13.9. The van der Waals surface area contributed by atoms with Gasteiger partial charge in [0.15, 0.2) is 5.96 Å². The fourth-order valence-electron chi connectivity index (χ4n) is 3.86. The normalized spacial score (nSPS) is 14.0. The molecule has 2 aromatic carbocycles. The molecule has 0 radical (unpaired) electrons. The highest BCUT2D eigenvalue weighted by Gasteiger charge is 2.21. The molecule has 0 unspecified atom stereocenters. The number of rotatable bonds is 8. The van der Waals surface area contributed by atoms with Crippen molar-refractivity contribution in [2.75, 3.05) is 37.6 Å². The highest BCUT2D eigenvalue weighted by Crippen LogP contribution is 2.14. The molecule has 0 spiro atoms. The van der Waals surface area contributed by atoms with Crippen LogP contribution in [0.25, 0.3) is 0 Å². The average Bonchev–Trinajstić information content (AvgIpc) is 2.88. The van der Waals surface area contributed by atoms with Crippen LogP contribution in [0.3, 0.4) is 0 Å². The smallest absolute Gasteiger partial charge is 0.225 e. The van der Waals surface area contributed by atoms with Crippen molar-refractivity contribution in [1.29, 1.82) is 0 Å². The molecule has 0 saturated carbocycles. The first kappa shape index (κ1) is 25.9. The van der Waals surface area contributed by atoms with Crippen LogP contribution in [0.5, 0.6) is 0 Å². The van der Waals surface area contributed by atoms with Crippen molar-refractivity contribution >= 4 is 35.9 Å². The van der Waals surface area contributed by atoms with Crippen molar-refractivity contribution in [3.63, 3.8) is 0 Å². The van der Waals surface area contributed by atoms with E-state index in [-0.39, 0.29) is 24.0 Å². The number of nitrogens with one attached hydrogen (secondary N) is 1. The molecule has 34 heavy (non-hydrogen) atoms. The van der Waals surface area contributed by atoms with E-state index >= 15 is 0 Å². The van der Waals surface area contributed by atoms with E-state index in [4.69, 9.17) is 9.73 Å². The number of hydrogen-bond donors (Lipinski definition) is 1. The molecule has 3 aromatic rings. The Bertz CT molecular complexity index is 1010. The Hall–Kier alpha value is -2.72. The van der Waals surface area contributed by atoms with Crippen molar-refractivity contribution in [3.8, 4) is 0 Å². The number of piperazine rings is 1. The average molecular weight is 572 g/mol. The van der Waals surface area contributed by atoms with Crippen LogP contribution < -0.4 is 10.2 Å². The maximum atomic E-state index is 5.98. The Morgan fingerprint density at radius 2 is 1.56 bits per heavy atom. The Balaban J connectivity index is 0.00000324. The number of guanidine groups is 1. The van der Waals surface area contributed by atoms with Gasteiger partial charge < -0.3 is 19.9 Å². The predicted octanol–water partition coefficient (Wildman–Crippen LogP) is 4.10. The lowest BCUT2D eigenvalue weighted by molar-refractivity contribution is 0.106. The second-order valence-corrected chi connectivity index (χ2v) is 7.94. The monoisotopic (exact) mass is 572 g/mol. The molecule has 0 amide bonds. The summed E-state index contributed by atoms with van der Waals surface area (Å²) in [7, 11) is 0. The molecule has 4 rings (SSSR count). The predicted molar refractivity (Wildman–Crippen MR) is 147 cm³/mol. The maximum absolute atomic E-state index is 5.98. The quantitative estimate of drug-likeness (QED) is 0.249. The van der Waals surface area contributed by atoms with Gasteiger partial charge in [0.2, 0.25) is 5.95 Å². The van der Waals surface area contributed by atoms with Gasteiger partial charge in [0.1, 0.15) is 0 Å². The van der Waals surface area contributed by atoms with Crippen LogP contribution >= 0.6 is 24.0 Å². The van der Waals surface area contributed by atoms with Crippen molar-refractivity contribution in [2.45, 2.75) is 26.7 Å². The summed E-state index contributed by atoms with van der Waals surface area (Å²) in [4.78, 5) is 18.3. The molecular weight excluding hydrogens is 539 g/mol. The molecule has 1 N–H and O–H groups in total. The van der Waals surface area contributed by atoms with Crippen LogP contribution in [-0.4, -0.2) is 53.6 Å². The van der Waals surface area contributed by atoms with Crippen LogP contribution in [0.1, 0.15) is 23.6 Å². The van der Waals surface area contributed by atoms with Crippen LogP contribution in [0, 0.1) is 0 Å². The number of benzene rings is 2. The largest absolute Gasteiger partial charge is 0.372 e. The van der Waals surface area contributed by atoms with E-state index in [9.17, 15) is 0 Å². The first-order valence-corrected chi connectivity index (χ1v) is 11.6. The third kappa shape index (κ3) is 7.39. The Labute approximate surface area is 219 Å². The fraction of sp³-hybridized carbons (Fsp3) is 0.346. The summed E-state index contributed by atoms with van der Waals surface area (Å²) in [5.74, 6) is 1.75. The summed E-state index contributed by atoms with van der Waals surface area (Å²) in [5.41, 5.74) is 3.55.